The molecule has 3 heterocycles. The van der Waals surface area contributed by atoms with Crippen molar-refractivity contribution >= 4 is 37.8 Å². The summed E-state index contributed by atoms with van der Waals surface area (Å²) in [5.74, 6) is -0.580. The summed E-state index contributed by atoms with van der Waals surface area (Å²) < 4.78 is 41.4. The maximum atomic E-state index is 13.3. The molecule has 0 aliphatic carbocycles. The van der Waals surface area contributed by atoms with Crippen molar-refractivity contribution in [2.45, 2.75) is 17.9 Å². The topological polar surface area (TPSA) is 125 Å². The summed E-state index contributed by atoms with van der Waals surface area (Å²) in [6.07, 6.45) is 2.83. The van der Waals surface area contributed by atoms with E-state index in [9.17, 15) is 13.2 Å². The minimum Gasteiger partial charge on any atom is -0.408 e. The zero-order chi connectivity index (χ0) is 23.2. The first-order chi connectivity index (χ1) is 15.8. The molecule has 168 valence electrons. The van der Waals surface area contributed by atoms with Gasteiger partial charge in [-0.15, -0.1) is 0 Å². The van der Waals surface area contributed by atoms with Crippen molar-refractivity contribution in [2.75, 3.05) is 4.72 Å². The van der Waals surface area contributed by atoms with Crippen molar-refractivity contribution in [3.05, 3.63) is 77.2 Å². The van der Waals surface area contributed by atoms with Gasteiger partial charge in [0.15, 0.2) is 5.58 Å². The van der Waals surface area contributed by atoms with E-state index in [2.05, 4.69) is 19.2 Å². The molecular weight excluding hydrogens is 464 g/mol. The Kier molecular flexibility index (Phi) is 5.10. The summed E-state index contributed by atoms with van der Waals surface area (Å²) in [7, 11) is -2.37. The smallest absolute Gasteiger partial charge is 0.408 e. The van der Waals surface area contributed by atoms with Crippen LogP contribution in [-0.4, -0.2) is 32.1 Å². The van der Waals surface area contributed by atoms with Crippen molar-refractivity contribution in [3.8, 4) is 11.3 Å². The standard InChI is InChI=1S/C21H18N6O4S2/c1-13(14-6-4-3-5-7-14)27-17-10-15(16-8-9-23-26(16)2)19(11-18(17)31-21(27)28)33(29,30)25-20-22-12-24-32-20/h3-13H,1-2H3,(H,22,24,25). The summed E-state index contributed by atoms with van der Waals surface area (Å²) in [4.78, 5) is 16.7. The third-order valence-electron chi connectivity index (χ3n) is 5.35. The van der Waals surface area contributed by atoms with Crippen molar-refractivity contribution in [2.24, 2.45) is 7.05 Å². The van der Waals surface area contributed by atoms with Crippen LogP contribution in [0.3, 0.4) is 0 Å². The van der Waals surface area contributed by atoms with Gasteiger partial charge in [-0.25, -0.2) is 18.2 Å². The molecule has 10 nitrogen and oxygen atoms in total. The van der Waals surface area contributed by atoms with Gasteiger partial charge in [0.25, 0.3) is 10.0 Å². The summed E-state index contributed by atoms with van der Waals surface area (Å²) in [5, 5.41) is 4.30. The molecule has 0 aliphatic heterocycles. The Morgan fingerprint density at radius 3 is 2.61 bits per heavy atom. The van der Waals surface area contributed by atoms with Gasteiger partial charge >= 0.3 is 5.76 Å². The van der Waals surface area contributed by atoms with Gasteiger partial charge in [-0.1, -0.05) is 30.3 Å². The van der Waals surface area contributed by atoms with Crippen LogP contribution < -0.4 is 10.5 Å². The lowest BCUT2D eigenvalue weighted by molar-refractivity contribution is 0.489. The first-order valence-corrected chi connectivity index (χ1v) is 12.1. The normalized spacial score (nSPS) is 12.8. The first-order valence-electron chi connectivity index (χ1n) is 9.87. The van der Waals surface area contributed by atoms with Gasteiger partial charge in [-0.2, -0.15) is 9.47 Å². The zero-order valence-electron chi connectivity index (χ0n) is 17.5. The Balaban J connectivity index is 1.75. The van der Waals surface area contributed by atoms with Gasteiger partial charge < -0.3 is 4.42 Å². The number of hydrogen-bond acceptors (Lipinski definition) is 8. The van der Waals surface area contributed by atoms with Crippen LogP contribution >= 0.6 is 11.5 Å². The molecule has 12 heteroatoms. The molecule has 0 amide bonds. The number of fused-ring (bicyclic) bond motifs is 1. The molecule has 33 heavy (non-hydrogen) atoms. The third kappa shape index (κ3) is 3.72. The predicted octanol–water partition coefficient (Wildman–Crippen LogP) is 3.26. The number of nitrogens with one attached hydrogen (secondary N) is 1. The average Bonchev–Trinajstić information content (AvgIpc) is 3.52. The molecule has 0 bridgehead atoms. The van der Waals surface area contributed by atoms with E-state index in [-0.39, 0.29) is 21.7 Å². The van der Waals surface area contributed by atoms with E-state index < -0.39 is 15.8 Å². The third-order valence-corrected chi connectivity index (χ3v) is 7.44. The predicted molar refractivity (Wildman–Crippen MR) is 124 cm³/mol. The summed E-state index contributed by atoms with van der Waals surface area (Å²) in [5.41, 5.74) is 2.48. The van der Waals surface area contributed by atoms with E-state index >= 15 is 0 Å². The van der Waals surface area contributed by atoms with Crippen molar-refractivity contribution < 1.29 is 12.8 Å². The van der Waals surface area contributed by atoms with Gasteiger partial charge in [-0.3, -0.25) is 14.0 Å². The zero-order valence-corrected chi connectivity index (χ0v) is 19.2. The minimum absolute atomic E-state index is 0.0675. The van der Waals surface area contributed by atoms with Gasteiger partial charge in [-0.05, 0) is 24.6 Å². The van der Waals surface area contributed by atoms with Crippen molar-refractivity contribution in [1.29, 1.82) is 0 Å². The van der Waals surface area contributed by atoms with E-state index in [1.54, 1.807) is 30.1 Å². The molecule has 0 spiro atoms. The molecule has 5 rings (SSSR count). The van der Waals surface area contributed by atoms with E-state index in [0.29, 0.717) is 16.8 Å². The van der Waals surface area contributed by atoms with Crippen molar-refractivity contribution in [3.63, 3.8) is 0 Å². The lowest BCUT2D eigenvalue weighted by atomic mass is 10.1. The fourth-order valence-electron chi connectivity index (χ4n) is 3.76. The number of hydrogen-bond donors (Lipinski definition) is 1. The highest BCUT2D eigenvalue weighted by Crippen LogP contribution is 2.34. The highest BCUT2D eigenvalue weighted by Gasteiger charge is 2.26. The van der Waals surface area contributed by atoms with Crippen LogP contribution in [0.4, 0.5) is 5.13 Å². The second kappa shape index (κ2) is 7.98. The number of sulfonamides is 1. The van der Waals surface area contributed by atoms with E-state index in [0.717, 1.165) is 17.1 Å². The van der Waals surface area contributed by atoms with Crippen LogP contribution in [0.1, 0.15) is 18.5 Å². The number of aryl methyl sites for hydroxylation is 1. The Bertz CT molecular complexity index is 1600. The molecule has 0 saturated heterocycles. The molecule has 0 radical (unpaired) electrons. The summed E-state index contributed by atoms with van der Waals surface area (Å²) in [6, 6.07) is 13.9. The number of oxazole rings is 1. The SMILES string of the molecule is CC(c1ccccc1)n1c(=O)oc2cc(S(=O)(=O)Nc3ncns3)c(-c3ccnn3C)cc21. The molecule has 0 aliphatic rings. The molecule has 1 unspecified atom stereocenters. The highest BCUT2D eigenvalue weighted by atomic mass is 32.2. The quantitative estimate of drug-likeness (QED) is 0.394. The van der Waals surface area contributed by atoms with Crippen LogP contribution in [0.15, 0.2) is 75.2 Å². The maximum absolute atomic E-state index is 13.3. The number of aromatic nitrogens is 5. The molecule has 1 atom stereocenters. The molecule has 5 aromatic rings. The minimum atomic E-state index is -4.08. The lowest BCUT2D eigenvalue weighted by Crippen LogP contribution is -2.19. The highest BCUT2D eigenvalue weighted by molar-refractivity contribution is 7.93. The fraction of sp³-hybridized carbons (Fsp3) is 0.143. The van der Waals surface area contributed by atoms with E-state index in [1.807, 2.05) is 37.3 Å². The van der Waals surface area contributed by atoms with Crippen LogP contribution in [0.2, 0.25) is 0 Å². The molecule has 0 fully saturated rings. The fourth-order valence-corrected chi connectivity index (χ4v) is 5.63. The maximum Gasteiger partial charge on any atom is 0.420 e. The molecule has 3 aromatic heterocycles. The second-order valence-corrected chi connectivity index (χ2v) is 9.76. The lowest BCUT2D eigenvalue weighted by Gasteiger charge is -2.15. The molecular formula is C21H18N6O4S2. The number of benzene rings is 2. The van der Waals surface area contributed by atoms with Crippen LogP contribution in [0.5, 0.6) is 0 Å². The summed E-state index contributed by atoms with van der Waals surface area (Å²) in [6.45, 7) is 1.89. The van der Waals surface area contributed by atoms with Gasteiger partial charge in [0.1, 0.15) is 11.2 Å². The Labute approximate surface area is 192 Å². The van der Waals surface area contributed by atoms with Crippen LogP contribution in [-0.2, 0) is 17.1 Å². The molecule has 1 N–H and O–H groups in total. The van der Waals surface area contributed by atoms with Gasteiger partial charge in [0.2, 0.25) is 5.13 Å². The summed E-state index contributed by atoms with van der Waals surface area (Å²) >= 11 is 0.916. The first kappa shape index (κ1) is 21.1. The number of rotatable bonds is 6. The van der Waals surface area contributed by atoms with Gasteiger partial charge in [0.05, 0.1) is 17.3 Å². The number of anilines is 1. The van der Waals surface area contributed by atoms with Crippen LogP contribution in [0, 0.1) is 0 Å². The second-order valence-electron chi connectivity index (χ2n) is 7.33. The Morgan fingerprint density at radius 2 is 1.94 bits per heavy atom. The van der Waals surface area contributed by atoms with Crippen molar-refractivity contribution in [1.82, 2.24) is 23.7 Å². The van der Waals surface area contributed by atoms with E-state index in [4.69, 9.17) is 4.42 Å². The monoisotopic (exact) mass is 482 g/mol. The Morgan fingerprint density at radius 1 is 1.15 bits per heavy atom. The molecule has 2 aromatic carbocycles. The largest absolute Gasteiger partial charge is 0.420 e. The molecule has 0 saturated carbocycles. The average molecular weight is 483 g/mol. The van der Waals surface area contributed by atoms with Crippen LogP contribution in [0.25, 0.3) is 22.4 Å². The van der Waals surface area contributed by atoms with Gasteiger partial charge in [0, 0.05) is 36.4 Å². The van der Waals surface area contributed by atoms with E-state index in [1.165, 1.54) is 17.0 Å². The Hall–Kier alpha value is -3.77. The number of nitrogens with zero attached hydrogens (tertiary/aromatic N) is 5.